The van der Waals surface area contributed by atoms with E-state index in [1.165, 1.54) is 30.9 Å². The molecule has 1 aliphatic rings. The predicted molar refractivity (Wildman–Crippen MR) is 123 cm³/mol. The molecule has 7 nitrogen and oxygen atoms in total. The summed E-state index contributed by atoms with van der Waals surface area (Å²) < 4.78 is 0. The zero-order valence-electron chi connectivity index (χ0n) is 18.6. The molecule has 0 radical (unpaired) electrons. The molecule has 0 spiro atoms. The molecule has 7 heteroatoms. The lowest BCUT2D eigenvalue weighted by Crippen LogP contribution is -2.37. The Morgan fingerprint density at radius 3 is 2.61 bits per heavy atom. The average Bonchev–Trinajstić information content (AvgIpc) is 2.74. The Morgan fingerprint density at radius 1 is 1.19 bits per heavy atom. The van der Waals surface area contributed by atoms with Crippen LogP contribution in [0.5, 0.6) is 0 Å². The molecule has 0 bridgehead atoms. The van der Waals surface area contributed by atoms with Crippen LogP contribution in [0, 0.1) is 10.1 Å². The molecule has 1 amide bonds. The van der Waals surface area contributed by atoms with Gasteiger partial charge in [0.05, 0.1) is 4.92 Å². The Labute approximate surface area is 184 Å². The molecule has 0 aliphatic carbocycles. The second-order valence-electron chi connectivity index (χ2n) is 8.55. The lowest BCUT2D eigenvalue weighted by Gasteiger charge is -2.33. The summed E-state index contributed by atoms with van der Waals surface area (Å²) in [7, 11) is 0. The van der Waals surface area contributed by atoms with E-state index in [0.29, 0.717) is 18.3 Å². The van der Waals surface area contributed by atoms with Crippen LogP contribution in [0.15, 0.2) is 42.5 Å². The first-order valence-electron chi connectivity index (χ1n) is 11.0. The summed E-state index contributed by atoms with van der Waals surface area (Å²) in [4.78, 5) is 25.9. The van der Waals surface area contributed by atoms with Gasteiger partial charge in [-0.05, 0) is 63.4 Å². The predicted octanol–water partition coefficient (Wildman–Crippen LogP) is 4.72. The zero-order chi connectivity index (χ0) is 22.4. The summed E-state index contributed by atoms with van der Waals surface area (Å²) in [6.07, 6.45) is 3.74. The topological polar surface area (TPSA) is 87.5 Å². The number of carbonyl (C=O) groups is 1. The van der Waals surface area contributed by atoms with Crippen LogP contribution < -0.4 is 10.6 Å². The monoisotopic (exact) mass is 424 g/mol. The number of nitro groups is 1. The molecule has 1 atom stereocenters. The van der Waals surface area contributed by atoms with Gasteiger partial charge >= 0.3 is 0 Å². The van der Waals surface area contributed by atoms with Crippen molar-refractivity contribution >= 4 is 17.3 Å². The number of benzene rings is 2. The third kappa shape index (κ3) is 6.04. The fourth-order valence-electron chi connectivity index (χ4n) is 4.00. The van der Waals surface area contributed by atoms with Gasteiger partial charge in [-0.25, -0.2) is 0 Å². The normalized spacial score (nSPS) is 16.8. The van der Waals surface area contributed by atoms with E-state index < -0.39 is 4.92 Å². The molecule has 31 heavy (non-hydrogen) atoms. The van der Waals surface area contributed by atoms with Crippen LogP contribution in [0.1, 0.15) is 61.5 Å². The van der Waals surface area contributed by atoms with E-state index in [2.05, 4.69) is 34.6 Å². The van der Waals surface area contributed by atoms with Crippen LogP contribution in [-0.4, -0.2) is 34.4 Å². The van der Waals surface area contributed by atoms with Gasteiger partial charge in [0, 0.05) is 36.8 Å². The number of carbonyl (C=O) groups excluding carboxylic acids is 1. The molecule has 2 aromatic carbocycles. The van der Waals surface area contributed by atoms with E-state index in [9.17, 15) is 14.9 Å². The number of piperidine rings is 1. The highest BCUT2D eigenvalue weighted by Gasteiger charge is 2.20. The minimum absolute atomic E-state index is 0.0384. The highest BCUT2D eigenvalue weighted by atomic mass is 16.6. The van der Waals surface area contributed by atoms with Crippen LogP contribution >= 0.6 is 0 Å². The number of nitro benzene ring substituents is 1. The summed E-state index contributed by atoms with van der Waals surface area (Å²) in [6, 6.07) is 13.3. The quantitative estimate of drug-likeness (QED) is 0.473. The minimum Gasteiger partial charge on any atom is -0.375 e. The molecule has 2 N–H and O–H groups in total. The van der Waals surface area contributed by atoms with Crippen LogP contribution in [0.25, 0.3) is 0 Å². The Morgan fingerprint density at radius 2 is 1.94 bits per heavy atom. The second-order valence-corrected chi connectivity index (χ2v) is 8.55. The van der Waals surface area contributed by atoms with Gasteiger partial charge in [0.25, 0.3) is 11.6 Å². The number of hydrogen-bond donors (Lipinski definition) is 2. The summed E-state index contributed by atoms with van der Waals surface area (Å²) >= 11 is 0. The number of amides is 1. The fraction of sp³-hybridized carbons (Fsp3) is 0.458. The molecule has 0 aromatic heterocycles. The first kappa shape index (κ1) is 22.7. The Bertz CT molecular complexity index is 929. The van der Waals surface area contributed by atoms with Crippen molar-refractivity contribution in [1.82, 2.24) is 10.2 Å². The van der Waals surface area contributed by atoms with E-state index in [-0.39, 0.29) is 23.2 Å². The highest BCUT2D eigenvalue weighted by molar-refractivity contribution is 5.95. The lowest BCUT2D eigenvalue weighted by atomic mass is 10.0. The van der Waals surface area contributed by atoms with E-state index in [0.717, 1.165) is 18.7 Å². The van der Waals surface area contributed by atoms with E-state index >= 15 is 0 Å². The summed E-state index contributed by atoms with van der Waals surface area (Å²) in [5.74, 6) is -0.314. The molecule has 0 saturated carbocycles. The van der Waals surface area contributed by atoms with Gasteiger partial charge in [-0.1, -0.05) is 30.7 Å². The van der Waals surface area contributed by atoms with Gasteiger partial charge in [-0.3, -0.25) is 19.8 Å². The van der Waals surface area contributed by atoms with E-state index in [1.54, 1.807) is 12.1 Å². The van der Waals surface area contributed by atoms with Gasteiger partial charge in [0.1, 0.15) is 5.69 Å². The minimum atomic E-state index is -0.449. The third-order valence-electron chi connectivity index (χ3n) is 5.78. The molecule has 1 fully saturated rings. The maximum absolute atomic E-state index is 12.2. The van der Waals surface area contributed by atoms with Crippen molar-refractivity contribution in [2.45, 2.75) is 65.2 Å². The second kappa shape index (κ2) is 10.4. The molecule has 1 saturated heterocycles. The van der Waals surface area contributed by atoms with E-state index in [1.807, 2.05) is 26.0 Å². The van der Waals surface area contributed by atoms with E-state index in [4.69, 9.17) is 0 Å². The van der Waals surface area contributed by atoms with Crippen LogP contribution in [0.2, 0.25) is 0 Å². The smallest absolute Gasteiger partial charge is 0.293 e. The van der Waals surface area contributed by atoms with Crippen LogP contribution in [-0.2, 0) is 13.1 Å². The summed E-state index contributed by atoms with van der Waals surface area (Å²) in [5.41, 5.74) is 2.95. The molecule has 3 rings (SSSR count). The Kier molecular flexibility index (Phi) is 7.63. The Balaban J connectivity index is 1.75. The highest BCUT2D eigenvalue weighted by Crippen LogP contribution is 2.27. The SMILES string of the molecule is CC(C)NC(=O)c1ccc(NCc2ccccc2CN2CCCCC2C)c([N+](=O)[O-])c1. The number of rotatable bonds is 8. The number of anilines is 1. The zero-order valence-corrected chi connectivity index (χ0v) is 18.6. The number of hydrogen-bond acceptors (Lipinski definition) is 5. The van der Waals surface area contributed by atoms with Gasteiger partial charge in [-0.15, -0.1) is 0 Å². The molecular formula is C24H32N4O3. The van der Waals surface area contributed by atoms with Crippen molar-refractivity contribution in [3.8, 4) is 0 Å². The Hall–Kier alpha value is -2.93. The van der Waals surface area contributed by atoms with Crippen LogP contribution in [0.3, 0.4) is 0 Å². The van der Waals surface area contributed by atoms with Crippen molar-refractivity contribution in [2.75, 3.05) is 11.9 Å². The average molecular weight is 425 g/mol. The first-order valence-corrected chi connectivity index (χ1v) is 11.0. The van der Waals surface area contributed by atoms with Gasteiger partial charge in [0.2, 0.25) is 0 Å². The van der Waals surface area contributed by atoms with Gasteiger partial charge in [0.15, 0.2) is 0 Å². The summed E-state index contributed by atoms with van der Waals surface area (Å²) in [6.45, 7) is 8.45. The standard InChI is InChI=1S/C24H32N4O3/c1-17(2)26-24(29)19-11-12-22(23(14-19)28(30)31)25-15-20-9-4-5-10-21(20)16-27-13-7-6-8-18(27)3/h4-5,9-12,14,17-18,25H,6-8,13,15-16H2,1-3H3,(H,26,29). The third-order valence-corrected chi connectivity index (χ3v) is 5.78. The van der Waals surface area contributed by atoms with Crippen LogP contribution in [0.4, 0.5) is 11.4 Å². The van der Waals surface area contributed by atoms with Crippen molar-refractivity contribution < 1.29 is 9.72 Å². The molecular weight excluding hydrogens is 392 g/mol. The maximum atomic E-state index is 12.2. The van der Waals surface area contributed by atoms with Crippen molar-refractivity contribution in [1.29, 1.82) is 0 Å². The largest absolute Gasteiger partial charge is 0.375 e. The van der Waals surface area contributed by atoms with Crippen molar-refractivity contribution in [3.63, 3.8) is 0 Å². The van der Waals surface area contributed by atoms with Gasteiger partial charge in [-0.2, -0.15) is 0 Å². The number of nitrogens with one attached hydrogen (secondary N) is 2. The molecule has 1 heterocycles. The number of likely N-dealkylation sites (tertiary alicyclic amines) is 1. The van der Waals surface area contributed by atoms with Crippen molar-refractivity contribution in [3.05, 3.63) is 69.3 Å². The summed E-state index contributed by atoms with van der Waals surface area (Å²) in [5, 5.41) is 17.6. The molecule has 1 unspecified atom stereocenters. The van der Waals surface area contributed by atoms with Crippen molar-refractivity contribution in [2.24, 2.45) is 0 Å². The number of nitrogens with zero attached hydrogens (tertiary/aromatic N) is 2. The molecule has 166 valence electrons. The van der Waals surface area contributed by atoms with Gasteiger partial charge < -0.3 is 10.6 Å². The fourth-order valence-corrected chi connectivity index (χ4v) is 4.00. The molecule has 2 aromatic rings. The first-order chi connectivity index (χ1) is 14.8. The maximum Gasteiger partial charge on any atom is 0.293 e. The lowest BCUT2D eigenvalue weighted by molar-refractivity contribution is -0.384. The molecule has 1 aliphatic heterocycles.